The van der Waals surface area contributed by atoms with Crippen LogP contribution in [0.1, 0.15) is 10.4 Å². The number of amides is 2. The Balaban J connectivity index is 2.93. The molecule has 102 valence electrons. The van der Waals surface area contributed by atoms with Gasteiger partial charge in [0, 0.05) is 11.4 Å². The molecule has 0 unspecified atom stereocenters. The fourth-order valence-corrected chi connectivity index (χ4v) is 1.96. The van der Waals surface area contributed by atoms with Gasteiger partial charge in [-0.25, -0.2) is 0 Å². The van der Waals surface area contributed by atoms with Crippen molar-refractivity contribution in [2.75, 3.05) is 13.1 Å². The van der Waals surface area contributed by atoms with Crippen molar-refractivity contribution in [3.8, 4) is 0 Å². The Bertz CT molecular complexity index is 524. The highest BCUT2D eigenvalue weighted by atomic mass is 32.1. The van der Waals surface area contributed by atoms with Crippen LogP contribution in [0.25, 0.3) is 0 Å². The predicted molar refractivity (Wildman–Crippen MR) is 63.7 cm³/mol. The zero-order valence-corrected chi connectivity index (χ0v) is 10.3. The largest absolute Gasteiger partial charge is 0.480 e. The van der Waals surface area contributed by atoms with Gasteiger partial charge in [-0.05, 0) is 0 Å². The second kappa shape index (κ2) is 5.91. The van der Waals surface area contributed by atoms with Crippen LogP contribution in [0.15, 0.2) is 11.4 Å². The van der Waals surface area contributed by atoms with E-state index in [0.717, 1.165) is 17.4 Å². The molecule has 0 aliphatic heterocycles. The second-order valence-electron chi connectivity index (χ2n) is 3.45. The summed E-state index contributed by atoms with van der Waals surface area (Å²) < 4.78 is 0. The number of thiophene rings is 1. The molecule has 9 nitrogen and oxygen atoms in total. The lowest BCUT2D eigenvalue weighted by Gasteiger charge is -2.17. The van der Waals surface area contributed by atoms with E-state index in [1.54, 1.807) is 0 Å². The van der Waals surface area contributed by atoms with E-state index in [2.05, 4.69) is 0 Å². The van der Waals surface area contributed by atoms with Gasteiger partial charge >= 0.3 is 11.0 Å². The van der Waals surface area contributed by atoms with Crippen LogP contribution in [0, 0.1) is 10.1 Å². The van der Waals surface area contributed by atoms with Crippen LogP contribution in [-0.2, 0) is 9.59 Å². The molecule has 0 bridgehead atoms. The Kier molecular flexibility index (Phi) is 4.53. The van der Waals surface area contributed by atoms with Gasteiger partial charge in [-0.1, -0.05) is 11.3 Å². The number of carbonyl (C=O) groups excluding carboxylic acids is 2. The van der Waals surface area contributed by atoms with E-state index in [4.69, 9.17) is 10.8 Å². The van der Waals surface area contributed by atoms with Crippen LogP contribution in [0.4, 0.5) is 5.00 Å². The summed E-state index contributed by atoms with van der Waals surface area (Å²) in [6, 6.07) is 1.02. The maximum absolute atomic E-state index is 11.9. The summed E-state index contributed by atoms with van der Waals surface area (Å²) in [6.45, 7) is -1.29. The second-order valence-corrected chi connectivity index (χ2v) is 4.34. The number of hydrogen-bond donors (Lipinski definition) is 2. The summed E-state index contributed by atoms with van der Waals surface area (Å²) in [7, 11) is 0. The van der Waals surface area contributed by atoms with Gasteiger partial charge in [0.2, 0.25) is 5.91 Å². The van der Waals surface area contributed by atoms with Gasteiger partial charge in [0.05, 0.1) is 10.5 Å². The van der Waals surface area contributed by atoms with Crippen LogP contribution >= 0.6 is 11.3 Å². The third-order valence-electron chi connectivity index (χ3n) is 1.97. The molecule has 0 aromatic carbocycles. The fourth-order valence-electron chi connectivity index (χ4n) is 1.27. The third kappa shape index (κ3) is 4.03. The van der Waals surface area contributed by atoms with Crippen LogP contribution in [0.3, 0.4) is 0 Å². The van der Waals surface area contributed by atoms with Gasteiger partial charge in [0.15, 0.2) is 0 Å². The van der Waals surface area contributed by atoms with Gasteiger partial charge in [0.25, 0.3) is 5.91 Å². The molecule has 0 saturated carbocycles. The first-order valence-corrected chi connectivity index (χ1v) is 5.71. The molecule has 0 saturated heterocycles. The smallest absolute Gasteiger partial charge is 0.324 e. The lowest BCUT2D eigenvalue weighted by atomic mass is 10.3. The van der Waals surface area contributed by atoms with Crippen LogP contribution in [-0.4, -0.2) is 45.8 Å². The van der Waals surface area contributed by atoms with E-state index < -0.39 is 35.8 Å². The number of primary amides is 1. The average molecular weight is 287 g/mol. The molecular weight excluding hydrogens is 278 g/mol. The SMILES string of the molecule is NC(=O)CN(CC(=O)O)C(=O)c1csc([N+](=O)[O-])c1. The van der Waals surface area contributed by atoms with Crippen LogP contribution < -0.4 is 5.73 Å². The minimum absolute atomic E-state index is 0.0563. The molecule has 0 aliphatic rings. The normalized spacial score (nSPS) is 9.89. The summed E-state index contributed by atoms with van der Waals surface area (Å²) in [6.07, 6.45) is 0. The molecule has 0 aliphatic carbocycles. The summed E-state index contributed by atoms with van der Waals surface area (Å²) in [5.41, 5.74) is 4.85. The van der Waals surface area contributed by atoms with Crippen molar-refractivity contribution in [3.05, 3.63) is 27.1 Å². The zero-order valence-electron chi connectivity index (χ0n) is 9.44. The van der Waals surface area contributed by atoms with E-state index in [9.17, 15) is 24.5 Å². The van der Waals surface area contributed by atoms with Crippen molar-refractivity contribution in [1.82, 2.24) is 4.90 Å². The lowest BCUT2D eigenvalue weighted by Crippen LogP contribution is -2.41. The quantitative estimate of drug-likeness (QED) is 0.541. The number of hydrogen-bond acceptors (Lipinski definition) is 6. The Morgan fingerprint density at radius 3 is 2.47 bits per heavy atom. The van der Waals surface area contributed by atoms with E-state index in [1.165, 1.54) is 5.38 Å². The molecule has 1 aromatic heterocycles. The van der Waals surface area contributed by atoms with Gasteiger partial charge in [-0.3, -0.25) is 24.5 Å². The Morgan fingerprint density at radius 2 is 2.05 bits per heavy atom. The minimum atomic E-state index is -1.32. The molecule has 10 heteroatoms. The highest BCUT2D eigenvalue weighted by Gasteiger charge is 2.23. The number of nitro groups is 1. The van der Waals surface area contributed by atoms with Crippen molar-refractivity contribution >= 4 is 34.1 Å². The number of carboxylic acids is 1. The molecule has 1 heterocycles. The fraction of sp³-hybridized carbons (Fsp3) is 0.222. The van der Waals surface area contributed by atoms with Gasteiger partial charge in [0.1, 0.15) is 13.1 Å². The number of rotatable bonds is 6. The first-order chi connectivity index (χ1) is 8.81. The summed E-state index contributed by atoms with van der Waals surface area (Å²) in [5.74, 6) is -3.00. The summed E-state index contributed by atoms with van der Waals surface area (Å²) in [5, 5.41) is 20.1. The molecule has 0 fully saturated rings. The topological polar surface area (TPSA) is 144 Å². The van der Waals surface area contributed by atoms with E-state index >= 15 is 0 Å². The number of nitrogens with zero attached hydrogens (tertiary/aromatic N) is 2. The van der Waals surface area contributed by atoms with Crippen molar-refractivity contribution in [3.63, 3.8) is 0 Å². The zero-order chi connectivity index (χ0) is 14.6. The first kappa shape index (κ1) is 14.6. The molecule has 0 atom stereocenters. The molecule has 2 amide bonds. The number of carboxylic acid groups (broad SMARTS) is 1. The molecule has 0 radical (unpaired) electrons. The van der Waals surface area contributed by atoms with Crippen molar-refractivity contribution < 1.29 is 24.4 Å². The highest BCUT2D eigenvalue weighted by Crippen LogP contribution is 2.23. The summed E-state index contributed by atoms with van der Waals surface area (Å²) >= 11 is 0.731. The van der Waals surface area contributed by atoms with Crippen molar-refractivity contribution in [2.45, 2.75) is 0 Å². The van der Waals surface area contributed by atoms with E-state index in [-0.39, 0.29) is 10.6 Å². The van der Waals surface area contributed by atoms with Crippen LogP contribution in [0.2, 0.25) is 0 Å². The minimum Gasteiger partial charge on any atom is -0.480 e. The molecular formula is C9H9N3O6S. The lowest BCUT2D eigenvalue weighted by molar-refractivity contribution is -0.380. The van der Waals surface area contributed by atoms with Gasteiger partial charge in [-0.15, -0.1) is 0 Å². The summed E-state index contributed by atoms with van der Waals surface area (Å²) in [4.78, 5) is 43.8. The van der Waals surface area contributed by atoms with Gasteiger partial charge in [-0.2, -0.15) is 0 Å². The van der Waals surface area contributed by atoms with E-state index in [1.807, 2.05) is 0 Å². The third-order valence-corrected chi connectivity index (χ3v) is 2.85. The Morgan fingerprint density at radius 1 is 1.42 bits per heavy atom. The number of nitrogens with two attached hydrogens (primary N) is 1. The maximum Gasteiger partial charge on any atom is 0.324 e. The maximum atomic E-state index is 11.9. The Hall–Kier alpha value is -2.49. The number of carbonyl (C=O) groups is 3. The predicted octanol–water partition coefficient (Wildman–Crippen LogP) is -0.332. The first-order valence-electron chi connectivity index (χ1n) is 4.83. The molecule has 0 spiro atoms. The standard InChI is InChI=1S/C9H9N3O6S/c10-6(13)2-11(3-8(14)15)9(16)5-1-7(12(17)18)19-4-5/h1,4H,2-3H2,(H2,10,13)(H,14,15). The van der Waals surface area contributed by atoms with Crippen LogP contribution in [0.5, 0.6) is 0 Å². The van der Waals surface area contributed by atoms with Crippen molar-refractivity contribution in [2.24, 2.45) is 5.73 Å². The molecule has 1 rings (SSSR count). The van der Waals surface area contributed by atoms with E-state index in [0.29, 0.717) is 4.90 Å². The number of aliphatic carboxylic acids is 1. The monoisotopic (exact) mass is 287 g/mol. The van der Waals surface area contributed by atoms with Crippen molar-refractivity contribution in [1.29, 1.82) is 0 Å². The average Bonchev–Trinajstić information content (AvgIpc) is 2.75. The van der Waals surface area contributed by atoms with Gasteiger partial charge < -0.3 is 15.7 Å². The highest BCUT2D eigenvalue weighted by molar-refractivity contribution is 7.13. The molecule has 1 aromatic rings. The molecule has 3 N–H and O–H groups in total. The Labute approximate surface area is 110 Å². The molecule has 19 heavy (non-hydrogen) atoms.